The van der Waals surface area contributed by atoms with Crippen LogP contribution in [0, 0.1) is 19.3 Å². The second-order valence-electron chi connectivity index (χ2n) is 5.16. The van der Waals surface area contributed by atoms with Crippen LogP contribution in [0.3, 0.4) is 0 Å². The molecule has 5 nitrogen and oxygen atoms in total. The number of hydrogen-bond acceptors (Lipinski definition) is 3. The molecule has 0 radical (unpaired) electrons. The number of aromatic amines is 1. The lowest BCUT2D eigenvalue weighted by molar-refractivity contribution is -0.119. The number of aryl methyl sites for hydroxylation is 1. The molecular formula is C11H20N4O. The van der Waals surface area contributed by atoms with Gasteiger partial charge in [-0.3, -0.25) is 9.89 Å². The Hall–Kier alpha value is -1.36. The summed E-state index contributed by atoms with van der Waals surface area (Å²) in [7, 11) is 0. The van der Waals surface area contributed by atoms with E-state index in [1.54, 1.807) is 0 Å². The monoisotopic (exact) mass is 224 g/mol. The van der Waals surface area contributed by atoms with Crippen LogP contribution in [-0.2, 0) is 4.79 Å². The molecule has 0 aliphatic heterocycles. The lowest BCUT2D eigenvalue weighted by Crippen LogP contribution is -2.45. The number of amides is 1. The van der Waals surface area contributed by atoms with Gasteiger partial charge in [0.25, 0.3) is 0 Å². The molecule has 0 saturated heterocycles. The first-order chi connectivity index (χ1) is 7.23. The first-order valence-electron chi connectivity index (χ1n) is 5.31. The Morgan fingerprint density at radius 1 is 1.44 bits per heavy atom. The molecule has 90 valence electrons. The number of hydrogen-bond donors (Lipinski definition) is 3. The van der Waals surface area contributed by atoms with Crippen LogP contribution >= 0.6 is 0 Å². The first kappa shape index (κ1) is 12.7. The molecule has 0 bridgehead atoms. The Morgan fingerprint density at radius 2 is 2.00 bits per heavy atom. The molecule has 0 fully saturated rings. The molecule has 0 aliphatic rings. The van der Waals surface area contributed by atoms with Crippen LogP contribution < -0.4 is 11.1 Å². The van der Waals surface area contributed by atoms with Crippen molar-refractivity contribution in [2.45, 2.75) is 40.7 Å². The summed E-state index contributed by atoms with van der Waals surface area (Å²) in [4.78, 5) is 11.8. The van der Waals surface area contributed by atoms with Gasteiger partial charge in [-0.1, -0.05) is 20.8 Å². The summed E-state index contributed by atoms with van der Waals surface area (Å²) in [5.41, 5.74) is 7.47. The van der Waals surface area contributed by atoms with Crippen molar-refractivity contribution in [3.05, 3.63) is 11.3 Å². The van der Waals surface area contributed by atoms with Gasteiger partial charge < -0.3 is 11.1 Å². The summed E-state index contributed by atoms with van der Waals surface area (Å²) >= 11 is 0. The Balaban J connectivity index is 2.76. The van der Waals surface area contributed by atoms with Crippen molar-refractivity contribution in [1.29, 1.82) is 0 Å². The van der Waals surface area contributed by atoms with E-state index < -0.39 is 6.04 Å². The molecule has 1 unspecified atom stereocenters. The molecule has 1 amide bonds. The Labute approximate surface area is 95.8 Å². The number of rotatable bonds is 2. The highest BCUT2D eigenvalue weighted by Crippen LogP contribution is 2.20. The third-order valence-corrected chi connectivity index (χ3v) is 2.71. The van der Waals surface area contributed by atoms with Crippen LogP contribution in [0.5, 0.6) is 0 Å². The van der Waals surface area contributed by atoms with Crippen molar-refractivity contribution in [2.24, 2.45) is 11.1 Å². The average Bonchev–Trinajstić information content (AvgIpc) is 2.47. The average molecular weight is 224 g/mol. The van der Waals surface area contributed by atoms with Gasteiger partial charge in [-0.25, -0.2) is 0 Å². The first-order valence-corrected chi connectivity index (χ1v) is 5.31. The third kappa shape index (κ3) is 2.61. The van der Waals surface area contributed by atoms with E-state index in [2.05, 4.69) is 15.5 Å². The maximum absolute atomic E-state index is 11.8. The SMILES string of the molecule is Cc1[nH]nc(NC(=O)C(N)C(C)(C)C)c1C. The lowest BCUT2D eigenvalue weighted by atomic mass is 9.87. The molecule has 4 N–H and O–H groups in total. The number of nitrogens with zero attached hydrogens (tertiary/aromatic N) is 1. The van der Waals surface area contributed by atoms with Crippen LogP contribution in [-0.4, -0.2) is 22.1 Å². The van der Waals surface area contributed by atoms with E-state index in [4.69, 9.17) is 5.73 Å². The number of nitrogens with one attached hydrogen (secondary N) is 2. The largest absolute Gasteiger partial charge is 0.319 e. The zero-order valence-electron chi connectivity index (χ0n) is 10.5. The minimum atomic E-state index is -0.552. The second kappa shape index (κ2) is 4.25. The Morgan fingerprint density at radius 3 is 2.38 bits per heavy atom. The molecule has 1 atom stereocenters. The van der Waals surface area contributed by atoms with Gasteiger partial charge in [-0.05, 0) is 19.3 Å². The number of aromatic nitrogens is 2. The summed E-state index contributed by atoms with van der Waals surface area (Å²) in [6, 6.07) is -0.552. The zero-order chi connectivity index (χ0) is 12.5. The quantitative estimate of drug-likeness (QED) is 0.708. The number of anilines is 1. The molecule has 1 aromatic rings. The van der Waals surface area contributed by atoms with E-state index in [9.17, 15) is 4.79 Å². The van der Waals surface area contributed by atoms with Gasteiger partial charge in [-0.15, -0.1) is 0 Å². The molecular weight excluding hydrogens is 204 g/mol. The number of carbonyl (C=O) groups is 1. The minimum absolute atomic E-state index is 0.206. The highest BCUT2D eigenvalue weighted by atomic mass is 16.2. The molecule has 16 heavy (non-hydrogen) atoms. The zero-order valence-corrected chi connectivity index (χ0v) is 10.5. The van der Waals surface area contributed by atoms with Gasteiger partial charge in [0.1, 0.15) is 0 Å². The van der Waals surface area contributed by atoms with E-state index in [0.717, 1.165) is 11.3 Å². The summed E-state index contributed by atoms with van der Waals surface area (Å²) in [6.45, 7) is 9.60. The molecule has 0 saturated carbocycles. The van der Waals surface area contributed by atoms with Crippen LogP contribution in [0.1, 0.15) is 32.0 Å². The molecule has 0 spiro atoms. The standard InChI is InChI=1S/C11H20N4O/c1-6-7(2)14-15-9(6)13-10(16)8(12)11(3,4)5/h8H,12H2,1-5H3,(H2,13,14,15,16). The third-order valence-electron chi connectivity index (χ3n) is 2.71. The van der Waals surface area contributed by atoms with Crippen molar-refractivity contribution in [3.8, 4) is 0 Å². The van der Waals surface area contributed by atoms with Gasteiger partial charge in [0.15, 0.2) is 5.82 Å². The minimum Gasteiger partial charge on any atom is -0.319 e. The van der Waals surface area contributed by atoms with Gasteiger partial charge in [0.05, 0.1) is 6.04 Å². The van der Waals surface area contributed by atoms with Crippen molar-refractivity contribution >= 4 is 11.7 Å². The molecule has 1 heterocycles. The summed E-state index contributed by atoms with van der Waals surface area (Å²) in [6.07, 6.45) is 0. The lowest BCUT2D eigenvalue weighted by Gasteiger charge is -2.25. The molecule has 1 aromatic heterocycles. The predicted octanol–water partition coefficient (Wildman–Crippen LogP) is 1.34. The normalized spacial score (nSPS) is 13.6. The van der Waals surface area contributed by atoms with E-state index in [-0.39, 0.29) is 11.3 Å². The van der Waals surface area contributed by atoms with Gasteiger partial charge >= 0.3 is 0 Å². The molecule has 1 rings (SSSR count). The topological polar surface area (TPSA) is 83.8 Å². The highest BCUT2D eigenvalue weighted by Gasteiger charge is 2.28. The summed E-state index contributed by atoms with van der Waals surface area (Å²) in [5.74, 6) is 0.351. The van der Waals surface area contributed by atoms with Gasteiger partial charge in [0, 0.05) is 11.3 Å². The van der Waals surface area contributed by atoms with E-state index in [0.29, 0.717) is 5.82 Å². The van der Waals surface area contributed by atoms with Gasteiger partial charge in [0.2, 0.25) is 5.91 Å². The number of nitrogens with two attached hydrogens (primary N) is 1. The molecule has 0 aliphatic carbocycles. The highest BCUT2D eigenvalue weighted by molar-refractivity contribution is 5.95. The summed E-state index contributed by atoms with van der Waals surface area (Å²) < 4.78 is 0. The second-order valence-corrected chi connectivity index (χ2v) is 5.16. The maximum atomic E-state index is 11.8. The fourth-order valence-corrected chi connectivity index (χ4v) is 1.19. The molecule has 5 heteroatoms. The fourth-order valence-electron chi connectivity index (χ4n) is 1.19. The van der Waals surface area contributed by atoms with Crippen molar-refractivity contribution in [3.63, 3.8) is 0 Å². The van der Waals surface area contributed by atoms with Crippen LogP contribution in [0.2, 0.25) is 0 Å². The van der Waals surface area contributed by atoms with Crippen LogP contribution in [0.25, 0.3) is 0 Å². The van der Waals surface area contributed by atoms with Gasteiger partial charge in [-0.2, -0.15) is 5.10 Å². The summed E-state index contributed by atoms with van der Waals surface area (Å²) in [5, 5.41) is 9.55. The van der Waals surface area contributed by atoms with Crippen LogP contribution in [0.4, 0.5) is 5.82 Å². The number of carbonyl (C=O) groups excluding carboxylic acids is 1. The van der Waals surface area contributed by atoms with Crippen LogP contribution in [0.15, 0.2) is 0 Å². The van der Waals surface area contributed by atoms with Crippen molar-refractivity contribution < 1.29 is 4.79 Å². The smallest absolute Gasteiger partial charge is 0.243 e. The van der Waals surface area contributed by atoms with E-state index >= 15 is 0 Å². The Kier molecular flexibility index (Phi) is 3.38. The molecule has 0 aromatic carbocycles. The van der Waals surface area contributed by atoms with Crippen molar-refractivity contribution in [2.75, 3.05) is 5.32 Å². The van der Waals surface area contributed by atoms with E-state index in [1.807, 2.05) is 34.6 Å². The van der Waals surface area contributed by atoms with Crippen molar-refractivity contribution in [1.82, 2.24) is 10.2 Å². The fraction of sp³-hybridized carbons (Fsp3) is 0.636. The van der Waals surface area contributed by atoms with E-state index in [1.165, 1.54) is 0 Å². The predicted molar refractivity (Wildman–Crippen MR) is 64.1 cm³/mol. The number of H-pyrrole nitrogens is 1. The maximum Gasteiger partial charge on any atom is 0.243 e. The Bertz CT molecular complexity index is 389.